The van der Waals surface area contributed by atoms with Crippen LogP contribution >= 0.6 is 15.9 Å². The summed E-state index contributed by atoms with van der Waals surface area (Å²) < 4.78 is 13.8. The maximum absolute atomic E-state index is 12.7. The van der Waals surface area contributed by atoms with E-state index >= 15 is 0 Å². The average Bonchev–Trinajstić information content (AvgIpc) is 2.37. The van der Waals surface area contributed by atoms with Crippen molar-refractivity contribution in [1.29, 1.82) is 0 Å². The second kappa shape index (κ2) is 6.66. The first-order valence-electron chi connectivity index (χ1n) is 5.93. The third-order valence-electron chi connectivity index (χ3n) is 2.72. The Kier molecular flexibility index (Phi) is 4.90. The second-order valence-corrected chi connectivity index (χ2v) is 5.10. The molecule has 2 aromatic carbocycles. The minimum absolute atomic E-state index is 0.180. The molecule has 0 aliphatic rings. The monoisotopic (exact) mass is 307 g/mol. The molecule has 0 aliphatic heterocycles. The van der Waals surface area contributed by atoms with Crippen molar-refractivity contribution in [3.05, 3.63) is 69.9 Å². The van der Waals surface area contributed by atoms with Gasteiger partial charge in [0.05, 0.1) is 0 Å². The first kappa shape index (κ1) is 13.2. The van der Waals surface area contributed by atoms with Crippen molar-refractivity contribution < 1.29 is 4.39 Å². The van der Waals surface area contributed by atoms with E-state index in [0.717, 1.165) is 29.5 Å². The fourth-order valence-electron chi connectivity index (χ4n) is 1.76. The van der Waals surface area contributed by atoms with Crippen LogP contribution in [0.4, 0.5) is 4.39 Å². The molecule has 94 valence electrons. The molecule has 0 amide bonds. The molecule has 0 spiro atoms. The summed E-state index contributed by atoms with van der Waals surface area (Å²) in [6.07, 6.45) is 0.911. The highest BCUT2D eigenvalue weighted by Crippen LogP contribution is 2.11. The SMILES string of the molecule is Fc1ccc(CCNCc2cccc(Br)c2)cc1. The molecular formula is C15H15BrFN. The van der Waals surface area contributed by atoms with Crippen molar-refractivity contribution >= 4 is 15.9 Å². The van der Waals surface area contributed by atoms with E-state index in [2.05, 4.69) is 33.4 Å². The Balaban J connectivity index is 1.74. The Morgan fingerprint density at radius 1 is 1.00 bits per heavy atom. The van der Waals surface area contributed by atoms with Gasteiger partial charge in [-0.15, -0.1) is 0 Å². The van der Waals surface area contributed by atoms with Crippen molar-refractivity contribution in [3.63, 3.8) is 0 Å². The van der Waals surface area contributed by atoms with Gasteiger partial charge in [-0.2, -0.15) is 0 Å². The van der Waals surface area contributed by atoms with Crippen LogP contribution < -0.4 is 5.32 Å². The Morgan fingerprint density at radius 3 is 2.50 bits per heavy atom. The molecule has 2 rings (SSSR count). The molecule has 18 heavy (non-hydrogen) atoms. The van der Waals surface area contributed by atoms with Crippen LogP contribution in [0, 0.1) is 5.82 Å². The smallest absolute Gasteiger partial charge is 0.123 e. The third-order valence-corrected chi connectivity index (χ3v) is 3.22. The predicted octanol–water partition coefficient (Wildman–Crippen LogP) is 3.92. The van der Waals surface area contributed by atoms with Crippen LogP contribution in [0.25, 0.3) is 0 Å². The van der Waals surface area contributed by atoms with Gasteiger partial charge in [0, 0.05) is 11.0 Å². The van der Waals surface area contributed by atoms with Gasteiger partial charge in [-0.3, -0.25) is 0 Å². The highest BCUT2D eigenvalue weighted by molar-refractivity contribution is 9.10. The van der Waals surface area contributed by atoms with E-state index in [1.807, 2.05) is 24.3 Å². The number of hydrogen-bond acceptors (Lipinski definition) is 1. The van der Waals surface area contributed by atoms with Crippen LogP contribution in [0.15, 0.2) is 53.0 Å². The summed E-state index contributed by atoms with van der Waals surface area (Å²) in [5.41, 5.74) is 2.40. The maximum atomic E-state index is 12.7. The molecular weight excluding hydrogens is 293 g/mol. The maximum Gasteiger partial charge on any atom is 0.123 e. The van der Waals surface area contributed by atoms with Crippen LogP contribution in [0.3, 0.4) is 0 Å². The standard InChI is InChI=1S/C15H15BrFN/c16-14-3-1-2-13(10-14)11-18-9-8-12-4-6-15(17)7-5-12/h1-7,10,18H,8-9,11H2. The van der Waals surface area contributed by atoms with Gasteiger partial charge in [-0.25, -0.2) is 4.39 Å². The Labute approximate surface area is 115 Å². The number of halogens is 2. The molecule has 2 aromatic rings. The molecule has 0 saturated heterocycles. The topological polar surface area (TPSA) is 12.0 Å². The fraction of sp³-hybridized carbons (Fsp3) is 0.200. The van der Waals surface area contributed by atoms with Gasteiger partial charge < -0.3 is 5.32 Å². The van der Waals surface area contributed by atoms with Crippen molar-refractivity contribution in [2.24, 2.45) is 0 Å². The molecule has 1 nitrogen and oxygen atoms in total. The van der Waals surface area contributed by atoms with Crippen molar-refractivity contribution in [3.8, 4) is 0 Å². The number of hydrogen-bond donors (Lipinski definition) is 1. The van der Waals surface area contributed by atoms with Gasteiger partial charge in [0.15, 0.2) is 0 Å². The lowest BCUT2D eigenvalue weighted by Crippen LogP contribution is -2.16. The van der Waals surface area contributed by atoms with Crippen molar-refractivity contribution in [1.82, 2.24) is 5.32 Å². The zero-order valence-corrected chi connectivity index (χ0v) is 11.6. The van der Waals surface area contributed by atoms with Crippen molar-refractivity contribution in [2.45, 2.75) is 13.0 Å². The van der Waals surface area contributed by atoms with Gasteiger partial charge in [-0.1, -0.05) is 40.2 Å². The van der Waals surface area contributed by atoms with Crippen LogP contribution in [0.2, 0.25) is 0 Å². The largest absolute Gasteiger partial charge is 0.312 e. The lowest BCUT2D eigenvalue weighted by atomic mass is 10.1. The lowest BCUT2D eigenvalue weighted by Gasteiger charge is -2.05. The summed E-state index contributed by atoms with van der Waals surface area (Å²) in [4.78, 5) is 0. The Morgan fingerprint density at radius 2 is 1.78 bits per heavy atom. The predicted molar refractivity (Wildman–Crippen MR) is 76.0 cm³/mol. The zero-order valence-electron chi connectivity index (χ0n) is 10.00. The highest BCUT2D eigenvalue weighted by Gasteiger charge is 1.96. The highest BCUT2D eigenvalue weighted by atomic mass is 79.9. The third kappa shape index (κ3) is 4.24. The van der Waals surface area contributed by atoms with E-state index in [9.17, 15) is 4.39 Å². The molecule has 0 aromatic heterocycles. The van der Waals surface area contributed by atoms with Gasteiger partial charge >= 0.3 is 0 Å². The van der Waals surface area contributed by atoms with Gasteiger partial charge in [0.2, 0.25) is 0 Å². The molecule has 0 radical (unpaired) electrons. The van der Waals surface area contributed by atoms with Crippen LogP contribution in [0.5, 0.6) is 0 Å². The van der Waals surface area contributed by atoms with Gasteiger partial charge in [0.1, 0.15) is 5.82 Å². The van der Waals surface area contributed by atoms with Crippen LogP contribution in [-0.2, 0) is 13.0 Å². The van der Waals surface area contributed by atoms with Gasteiger partial charge in [-0.05, 0) is 48.4 Å². The number of rotatable bonds is 5. The molecule has 0 atom stereocenters. The Bertz CT molecular complexity index is 496. The van der Waals surface area contributed by atoms with E-state index in [1.54, 1.807) is 0 Å². The molecule has 0 bridgehead atoms. The molecule has 3 heteroatoms. The van der Waals surface area contributed by atoms with E-state index in [-0.39, 0.29) is 5.82 Å². The summed E-state index contributed by atoms with van der Waals surface area (Å²) in [6, 6.07) is 14.9. The summed E-state index contributed by atoms with van der Waals surface area (Å²) in [5, 5.41) is 3.38. The molecule has 0 fully saturated rings. The average molecular weight is 308 g/mol. The first-order chi connectivity index (χ1) is 8.74. The molecule has 0 unspecified atom stereocenters. The fourth-order valence-corrected chi connectivity index (χ4v) is 2.21. The summed E-state index contributed by atoms with van der Waals surface area (Å²) in [6.45, 7) is 1.73. The summed E-state index contributed by atoms with van der Waals surface area (Å²) in [7, 11) is 0. The van der Waals surface area contributed by atoms with Crippen LogP contribution in [0.1, 0.15) is 11.1 Å². The minimum Gasteiger partial charge on any atom is -0.312 e. The summed E-state index contributed by atoms with van der Waals surface area (Å²) >= 11 is 3.45. The normalized spacial score (nSPS) is 10.6. The van der Waals surface area contributed by atoms with Crippen molar-refractivity contribution in [2.75, 3.05) is 6.54 Å². The zero-order chi connectivity index (χ0) is 12.8. The molecule has 0 heterocycles. The minimum atomic E-state index is -0.180. The number of nitrogens with one attached hydrogen (secondary N) is 1. The number of benzene rings is 2. The molecule has 0 saturated carbocycles. The second-order valence-electron chi connectivity index (χ2n) is 4.18. The molecule has 1 N–H and O–H groups in total. The van der Waals surface area contributed by atoms with E-state index in [0.29, 0.717) is 0 Å². The van der Waals surface area contributed by atoms with E-state index in [1.165, 1.54) is 17.7 Å². The van der Waals surface area contributed by atoms with E-state index < -0.39 is 0 Å². The quantitative estimate of drug-likeness (QED) is 0.826. The van der Waals surface area contributed by atoms with Crippen LogP contribution in [-0.4, -0.2) is 6.54 Å². The summed E-state index contributed by atoms with van der Waals surface area (Å²) in [5.74, 6) is -0.180. The molecule has 0 aliphatic carbocycles. The van der Waals surface area contributed by atoms with E-state index in [4.69, 9.17) is 0 Å². The lowest BCUT2D eigenvalue weighted by molar-refractivity contribution is 0.626. The first-order valence-corrected chi connectivity index (χ1v) is 6.73. The Hall–Kier alpha value is -1.19. The van der Waals surface area contributed by atoms with Gasteiger partial charge in [0.25, 0.3) is 0 Å².